The second kappa shape index (κ2) is 2.48. The number of halogens is 4. The van der Waals surface area contributed by atoms with E-state index >= 15 is 0 Å². The number of hydrogen-bond acceptors (Lipinski definition) is 1. The fraction of sp³-hybridized carbons (Fsp3) is 0.167. The molecule has 1 radical (unpaired) electrons. The predicted octanol–water partition coefficient (Wildman–Crippen LogP) is 2.04. The summed E-state index contributed by atoms with van der Waals surface area (Å²) in [6.07, 6.45) is -3.81. The molecular formula is C6H2F4N. The van der Waals surface area contributed by atoms with Crippen LogP contribution in [0.4, 0.5) is 17.6 Å². The van der Waals surface area contributed by atoms with Crippen molar-refractivity contribution >= 4 is 0 Å². The molecule has 0 aliphatic heterocycles. The second-order valence-electron chi connectivity index (χ2n) is 1.77. The largest absolute Gasteiger partial charge is 0.417 e. The first-order valence-electron chi connectivity index (χ1n) is 2.61. The summed E-state index contributed by atoms with van der Waals surface area (Å²) in [4.78, 5) is 2.93. The van der Waals surface area contributed by atoms with Crippen molar-refractivity contribution in [2.24, 2.45) is 0 Å². The normalized spacial score (nSPS) is 11.6. The number of pyridine rings is 1. The van der Waals surface area contributed by atoms with E-state index in [4.69, 9.17) is 0 Å². The standard InChI is InChI=1S/C6H2F4N/c7-5-3-4(1-2-11-5)6(8,9)10/h1-2H. The Balaban J connectivity index is 3.06. The molecule has 0 aliphatic rings. The molecule has 1 aromatic heterocycles. The van der Waals surface area contributed by atoms with Crippen LogP contribution >= 0.6 is 0 Å². The summed E-state index contributed by atoms with van der Waals surface area (Å²) < 4.78 is 47.3. The molecule has 0 spiro atoms. The third-order valence-electron chi connectivity index (χ3n) is 0.972. The predicted molar refractivity (Wildman–Crippen MR) is 28.0 cm³/mol. The van der Waals surface area contributed by atoms with E-state index < -0.39 is 17.7 Å². The Morgan fingerprint density at radius 3 is 2.36 bits per heavy atom. The molecule has 0 amide bonds. The van der Waals surface area contributed by atoms with Gasteiger partial charge in [0, 0.05) is 6.20 Å². The van der Waals surface area contributed by atoms with Gasteiger partial charge < -0.3 is 0 Å². The molecule has 1 heterocycles. The summed E-state index contributed by atoms with van der Waals surface area (Å²) in [6.45, 7) is 0. The van der Waals surface area contributed by atoms with Crippen molar-refractivity contribution in [3.63, 3.8) is 0 Å². The molecule has 0 N–H and O–H groups in total. The maximum absolute atomic E-state index is 12.0. The topological polar surface area (TPSA) is 12.9 Å². The van der Waals surface area contributed by atoms with E-state index in [0.29, 0.717) is 6.07 Å². The average molecular weight is 164 g/mol. The van der Waals surface area contributed by atoms with E-state index in [0.717, 1.165) is 6.20 Å². The summed E-state index contributed by atoms with van der Waals surface area (Å²) in [5.74, 6) is -1.25. The van der Waals surface area contributed by atoms with Gasteiger partial charge in [0.15, 0.2) is 0 Å². The lowest BCUT2D eigenvalue weighted by Gasteiger charge is -2.03. The molecule has 1 nitrogen and oxygen atoms in total. The highest BCUT2D eigenvalue weighted by molar-refractivity contribution is 5.12. The van der Waals surface area contributed by atoms with E-state index in [-0.39, 0.29) is 0 Å². The fourth-order valence-electron chi connectivity index (χ4n) is 0.528. The van der Waals surface area contributed by atoms with Crippen molar-refractivity contribution in [3.05, 3.63) is 29.8 Å². The van der Waals surface area contributed by atoms with Crippen LogP contribution in [0.2, 0.25) is 0 Å². The lowest BCUT2D eigenvalue weighted by Crippen LogP contribution is -2.05. The zero-order chi connectivity index (χ0) is 8.48. The van der Waals surface area contributed by atoms with E-state index in [1.54, 1.807) is 0 Å². The van der Waals surface area contributed by atoms with Crippen LogP contribution in [-0.2, 0) is 6.18 Å². The molecule has 11 heavy (non-hydrogen) atoms. The van der Waals surface area contributed by atoms with Crippen LogP contribution in [0.15, 0.2) is 12.3 Å². The number of aromatic nitrogens is 1. The highest BCUT2D eigenvalue weighted by atomic mass is 19.4. The molecule has 5 heteroatoms. The van der Waals surface area contributed by atoms with Crippen molar-refractivity contribution < 1.29 is 17.6 Å². The van der Waals surface area contributed by atoms with Gasteiger partial charge in [-0.05, 0) is 6.07 Å². The Bertz CT molecular complexity index is 255. The minimum Gasteiger partial charge on any atom is -0.228 e. The molecular weight excluding hydrogens is 162 g/mol. The Labute approximate surface area is 59.7 Å². The van der Waals surface area contributed by atoms with Gasteiger partial charge in [-0.25, -0.2) is 4.98 Å². The molecule has 1 aromatic rings. The minimum atomic E-state index is -4.55. The van der Waals surface area contributed by atoms with Gasteiger partial charge in [0.1, 0.15) is 0 Å². The van der Waals surface area contributed by atoms with E-state index in [2.05, 4.69) is 4.98 Å². The molecule has 0 fully saturated rings. The van der Waals surface area contributed by atoms with Crippen molar-refractivity contribution in [2.45, 2.75) is 6.18 Å². The molecule has 0 aliphatic carbocycles. The van der Waals surface area contributed by atoms with Crippen LogP contribution in [0.25, 0.3) is 0 Å². The highest BCUT2D eigenvalue weighted by Gasteiger charge is 2.31. The number of rotatable bonds is 0. The number of hydrogen-bond donors (Lipinski definition) is 0. The summed E-state index contributed by atoms with van der Waals surface area (Å²) in [5.41, 5.74) is -1.15. The highest BCUT2D eigenvalue weighted by Crippen LogP contribution is 2.28. The zero-order valence-electron chi connectivity index (χ0n) is 5.11. The monoisotopic (exact) mass is 164 g/mol. The van der Waals surface area contributed by atoms with Crippen molar-refractivity contribution in [1.29, 1.82) is 0 Å². The van der Waals surface area contributed by atoms with Crippen molar-refractivity contribution in [1.82, 2.24) is 4.98 Å². The lowest BCUT2D eigenvalue weighted by atomic mass is 10.3. The van der Waals surface area contributed by atoms with Gasteiger partial charge in [-0.3, -0.25) is 0 Å². The van der Waals surface area contributed by atoms with E-state index in [9.17, 15) is 17.6 Å². The van der Waals surface area contributed by atoms with E-state index in [1.165, 1.54) is 6.07 Å². The Morgan fingerprint density at radius 1 is 1.36 bits per heavy atom. The van der Waals surface area contributed by atoms with Crippen LogP contribution in [0, 0.1) is 12.0 Å². The maximum Gasteiger partial charge on any atom is 0.417 e. The molecule has 1 rings (SSSR count). The molecule has 0 atom stereocenters. The van der Waals surface area contributed by atoms with Crippen LogP contribution < -0.4 is 0 Å². The number of nitrogens with zero attached hydrogens (tertiary/aromatic N) is 1. The van der Waals surface area contributed by atoms with Gasteiger partial charge in [0.25, 0.3) is 0 Å². The summed E-state index contributed by atoms with van der Waals surface area (Å²) in [7, 11) is 0. The van der Waals surface area contributed by atoms with Crippen LogP contribution in [0.5, 0.6) is 0 Å². The molecule has 0 aromatic carbocycles. The minimum absolute atomic E-state index is 0.656. The van der Waals surface area contributed by atoms with Gasteiger partial charge in [-0.15, -0.1) is 0 Å². The third-order valence-corrected chi connectivity index (χ3v) is 0.972. The van der Waals surface area contributed by atoms with Crippen LogP contribution in [0.3, 0.4) is 0 Å². The summed E-state index contributed by atoms with van der Waals surface area (Å²) >= 11 is 0. The molecule has 0 bridgehead atoms. The third kappa shape index (κ3) is 1.89. The van der Waals surface area contributed by atoms with E-state index in [1.807, 2.05) is 0 Å². The molecule has 0 saturated carbocycles. The Kier molecular flexibility index (Phi) is 1.80. The second-order valence-corrected chi connectivity index (χ2v) is 1.77. The summed E-state index contributed by atoms with van der Waals surface area (Å²) in [5, 5.41) is 0. The van der Waals surface area contributed by atoms with Crippen molar-refractivity contribution in [2.75, 3.05) is 0 Å². The van der Waals surface area contributed by atoms with Gasteiger partial charge in [0.05, 0.1) is 11.6 Å². The average Bonchev–Trinajstić information content (AvgIpc) is 1.86. The zero-order valence-corrected chi connectivity index (χ0v) is 5.11. The van der Waals surface area contributed by atoms with Crippen LogP contribution in [0.1, 0.15) is 5.56 Å². The van der Waals surface area contributed by atoms with Gasteiger partial charge >= 0.3 is 6.18 Å². The first-order valence-corrected chi connectivity index (χ1v) is 2.61. The first kappa shape index (κ1) is 7.97. The van der Waals surface area contributed by atoms with Gasteiger partial charge in [-0.1, -0.05) is 0 Å². The van der Waals surface area contributed by atoms with Crippen molar-refractivity contribution in [3.8, 4) is 0 Å². The molecule has 0 unspecified atom stereocenters. The lowest BCUT2D eigenvalue weighted by molar-refractivity contribution is -0.138. The quantitative estimate of drug-likeness (QED) is 0.422. The number of alkyl halides is 3. The summed E-state index contributed by atoms with van der Waals surface area (Å²) in [6, 6.07) is 2.10. The molecule has 59 valence electrons. The molecule has 0 saturated heterocycles. The Hall–Kier alpha value is -1.13. The first-order chi connectivity index (χ1) is 5.00. The maximum atomic E-state index is 12.0. The van der Waals surface area contributed by atoms with Gasteiger partial charge in [-0.2, -0.15) is 17.6 Å². The fourth-order valence-corrected chi connectivity index (χ4v) is 0.528. The van der Waals surface area contributed by atoms with Gasteiger partial charge in [0.2, 0.25) is 5.95 Å². The smallest absolute Gasteiger partial charge is 0.228 e. The SMILES string of the molecule is Fc1[c]c(C(F)(F)F)ccn1. The van der Waals surface area contributed by atoms with Crippen LogP contribution in [-0.4, -0.2) is 4.98 Å². The Morgan fingerprint density at radius 2 is 2.00 bits per heavy atom.